The molecule has 1 heterocycles. The summed E-state index contributed by atoms with van der Waals surface area (Å²) < 4.78 is 2.15. The third-order valence-electron chi connectivity index (χ3n) is 7.09. The molecule has 0 radical (unpaired) electrons. The van der Waals surface area contributed by atoms with Crippen LogP contribution < -0.4 is 10.6 Å². The fourth-order valence-electron chi connectivity index (χ4n) is 4.96. The molecule has 0 aromatic heterocycles. The molecule has 2 amide bonds. The number of hydrogen-bond donors (Lipinski definition) is 2. The van der Waals surface area contributed by atoms with Gasteiger partial charge in [-0.1, -0.05) is 84.5 Å². The lowest BCUT2D eigenvalue weighted by Gasteiger charge is -2.40. The summed E-state index contributed by atoms with van der Waals surface area (Å²) in [5.74, 6) is 5.54. The second kappa shape index (κ2) is 14.0. The quantitative estimate of drug-likeness (QED) is 0.322. The minimum absolute atomic E-state index is 0.0466. The molecule has 2 N–H and O–H groups in total. The maximum Gasteiger partial charge on any atom is 0.240 e. The number of benzene rings is 3. The van der Waals surface area contributed by atoms with E-state index in [0.29, 0.717) is 12.1 Å². The Morgan fingerprint density at radius 3 is 2.45 bits per heavy atom. The van der Waals surface area contributed by atoms with E-state index >= 15 is 0 Å². The first kappa shape index (κ1) is 27.7. The molecule has 7 heteroatoms. The number of piperidine rings is 1. The summed E-state index contributed by atoms with van der Waals surface area (Å²) in [6, 6.07) is 25.4. The van der Waals surface area contributed by atoms with Gasteiger partial charge >= 0.3 is 0 Å². The van der Waals surface area contributed by atoms with E-state index in [-0.39, 0.29) is 31.4 Å². The van der Waals surface area contributed by atoms with Crippen LogP contribution in [-0.2, 0) is 9.59 Å². The van der Waals surface area contributed by atoms with Crippen LogP contribution in [0, 0.1) is 11.8 Å². The summed E-state index contributed by atoms with van der Waals surface area (Å²) in [5, 5.41) is 8.07. The number of rotatable bonds is 9. The smallest absolute Gasteiger partial charge is 0.240 e. The van der Waals surface area contributed by atoms with Gasteiger partial charge < -0.3 is 10.6 Å². The predicted octanol–water partition coefficient (Wildman–Crippen LogP) is 4.23. The normalized spacial score (nSPS) is 15.0. The second-order valence-electron chi connectivity index (χ2n) is 9.49. The number of fused-ring (bicyclic) bond motifs is 1. The van der Waals surface area contributed by atoms with Crippen LogP contribution in [0.4, 0.5) is 0 Å². The molecule has 1 unspecified atom stereocenters. The minimum Gasteiger partial charge on any atom is -0.346 e. The Bertz CT molecular complexity index is 1270. The monoisotopic (exact) mass is 528 g/mol. The molecule has 0 saturated carbocycles. The highest BCUT2D eigenvalue weighted by molar-refractivity contribution is 7.96. The van der Waals surface area contributed by atoms with Crippen molar-refractivity contribution in [3.05, 3.63) is 83.9 Å². The van der Waals surface area contributed by atoms with Crippen molar-refractivity contribution in [3.8, 4) is 11.8 Å². The zero-order chi connectivity index (χ0) is 26.7. The molecule has 3 aromatic rings. The van der Waals surface area contributed by atoms with Crippen LogP contribution in [-0.4, -0.2) is 66.0 Å². The molecular weight excluding hydrogens is 492 g/mol. The molecule has 0 aliphatic carbocycles. The van der Waals surface area contributed by atoms with Crippen LogP contribution >= 0.6 is 11.9 Å². The first-order valence-corrected chi connectivity index (χ1v) is 14.3. The van der Waals surface area contributed by atoms with E-state index in [9.17, 15) is 9.59 Å². The van der Waals surface area contributed by atoms with Gasteiger partial charge in [0.2, 0.25) is 11.8 Å². The van der Waals surface area contributed by atoms with Gasteiger partial charge in [-0.25, -0.2) is 4.31 Å². The first-order chi connectivity index (χ1) is 18.5. The average Bonchev–Trinajstić information content (AvgIpc) is 2.97. The summed E-state index contributed by atoms with van der Waals surface area (Å²) in [5.41, 5.74) is 2.27. The topological polar surface area (TPSA) is 64.7 Å². The largest absolute Gasteiger partial charge is 0.346 e. The van der Waals surface area contributed by atoms with Crippen LogP contribution in [0.2, 0.25) is 0 Å². The van der Waals surface area contributed by atoms with Crippen molar-refractivity contribution >= 4 is 34.5 Å². The van der Waals surface area contributed by atoms with Crippen molar-refractivity contribution in [2.45, 2.75) is 31.8 Å². The van der Waals surface area contributed by atoms with Crippen molar-refractivity contribution in [1.82, 2.24) is 19.8 Å². The maximum atomic E-state index is 12.6. The third-order valence-corrected chi connectivity index (χ3v) is 7.98. The average molecular weight is 529 g/mol. The van der Waals surface area contributed by atoms with Crippen LogP contribution in [0.5, 0.6) is 0 Å². The zero-order valence-corrected chi connectivity index (χ0v) is 23.0. The maximum absolute atomic E-state index is 12.6. The van der Waals surface area contributed by atoms with E-state index in [0.717, 1.165) is 31.5 Å². The summed E-state index contributed by atoms with van der Waals surface area (Å²) in [6.45, 7) is 4.73. The summed E-state index contributed by atoms with van der Waals surface area (Å²) >= 11 is 1.60. The number of carbonyl (C=O) groups excluding carboxylic acids is 2. The Hall–Kier alpha value is -3.31. The molecule has 6 nitrogen and oxygen atoms in total. The first-order valence-electron chi connectivity index (χ1n) is 13.1. The molecule has 1 fully saturated rings. The van der Waals surface area contributed by atoms with Gasteiger partial charge in [0.05, 0.1) is 19.6 Å². The van der Waals surface area contributed by atoms with E-state index in [4.69, 9.17) is 0 Å². The number of nitrogens with zero attached hydrogens (tertiary/aromatic N) is 2. The predicted molar refractivity (Wildman–Crippen MR) is 157 cm³/mol. The lowest BCUT2D eigenvalue weighted by atomic mass is 9.96. The molecule has 1 aliphatic heterocycles. The molecule has 38 heavy (non-hydrogen) atoms. The van der Waals surface area contributed by atoms with E-state index in [1.165, 1.54) is 16.3 Å². The SMILES string of the molecule is CSN(CC(=O)NCC(=O)NCC#Cc1ccccc1)C1CCN(C(C)c2cccc3ccccc23)CC1. The number of nitrogens with one attached hydrogen (secondary N) is 2. The van der Waals surface area contributed by atoms with Gasteiger partial charge in [-0.05, 0) is 54.5 Å². The van der Waals surface area contributed by atoms with Gasteiger partial charge in [0, 0.05) is 30.7 Å². The molecular formula is C31H36N4O2S. The van der Waals surface area contributed by atoms with E-state index in [1.54, 1.807) is 11.9 Å². The number of carbonyl (C=O) groups is 2. The van der Waals surface area contributed by atoms with Crippen molar-refractivity contribution < 1.29 is 9.59 Å². The Morgan fingerprint density at radius 1 is 0.974 bits per heavy atom. The zero-order valence-electron chi connectivity index (χ0n) is 22.2. The van der Waals surface area contributed by atoms with Crippen molar-refractivity contribution in [2.24, 2.45) is 0 Å². The lowest BCUT2D eigenvalue weighted by Crippen LogP contribution is -2.47. The highest BCUT2D eigenvalue weighted by atomic mass is 32.2. The third kappa shape index (κ3) is 7.61. The van der Waals surface area contributed by atoms with Crippen LogP contribution in [0.1, 0.15) is 36.9 Å². The number of likely N-dealkylation sites (tertiary alicyclic amines) is 1. The fraction of sp³-hybridized carbons (Fsp3) is 0.355. The number of amides is 2. The van der Waals surface area contributed by atoms with Crippen LogP contribution in [0.15, 0.2) is 72.8 Å². The second-order valence-corrected chi connectivity index (χ2v) is 10.3. The highest BCUT2D eigenvalue weighted by Crippen LogP contribution is 2.31. The van der Waals surface area contributed by atoms with Crippen molar-refractivity contribution in [2.75, 3.05) is 39.0 Å². The highest BCUT2D eigenvalue weighted by Gasteiger charge is 2.28. The van der Waals surface area contributed by atoms with Gasteiger partial charge in [0.25, 0.3) is 0 Å². The fourth-order valence-corrected chi connectivity index (χ4v) is 5.72. The molecule has 0 bridgehead atoms. The van der Waals surface area contributed by atoms with Crippen molar-refractivity contribution in [3.63, 3.8) is 0 Å². The van der Waals surface area contributed by atoms with Crippen molar-refractivity contribution in [1.29, 1.82) is 0 Å². The molecule has 0 spiro atoms. The van der Waals surface area contributed by atoms with Gasteiger partial charge in [0.15, 0.2) is 0 Å². The van der Waals surface area contributed by atoms with Gasteiger partial charge in [0.1, 0.15) is 0 Å². The standard InChI is InChI=1S/C31H36N4O2S/c1-24(28-16-8-14-26-13-6-7-15-29(26)28)34-20-17-27(18-21-34)35(38-2)23-31(37)33-22-30(36)32-19-9-12-25-10-4-3-5-11-25/h3-8,10-11,13-16,24,27H,17-23H2,1-2H3,(H,32,36)(H,33,37). The lowest BCUT2D eigenvalue weighted by molar-refractivity contribution is -0.126. The Labute approximate surface area is 230 Å². The molecule has 1 saturated heterocycles. The van der Waals surface area contributed by atoms with Gasteiger partial charge in [-0.3, -0.25) is 14.5 Å². The summed E-state index contributed by atoms with van der Waals surface area (Å²) in [7, 11) is 0. The molecule has 4 rings (SSSR count). The van der Waals surface area contributed by atoms with E-state index in [2.05, 4.69) is 81.1 Å². The molecule has 1 atom stereocenters. The van der Waals surface area contributed by atoms with Crippen LogP contribution in [0.3, 0.4) is 0 Å². The molecule has 1 aliphatic rings. The van der Waals surface area contributed by atoms with E-state index in [1.807, 2.05) is 36.6 Å². The summed E-state index contributed by atoms with van der Waals surface area (Å²) in [6.07, 6.45) is 4.02. The molecule has 3 aromatic carbocycles. The Morgan fingerprint density at radius 2 is 1.68 bits per heavy atom. The van der Waals surface area contributed by atoms with Gasteiger partial charge in [-0.2, -0.15) is 0 Å². The van der Waals surface area contributed by atoms with Gasteiger partial charge in [-0.15, -0.1) is 0 Å². The minimum atomic E-state index is -0.243. The Kier molecular flexibility index (Phi) is 10.2. The number of hydrogen-bond acceptors (Lipinski definition) is 5. The van der Waals surface area contributed by atoms with Crippen LogP contribution in [0.25, 0.3) is 10.8 Å². The Balaban J connectivity index is 1.20. The summed E-state index contributed by atoms with van der Waals surface area (Å²) in [4.78, 5) is 27.2. The van der Waals surface area contributed by atoms with E-state index < -0.39 is 0 Å². The molecule has 198 valence electrons.